The number of phenols is 1. The highest BCUT2D eigenvalue weighted by Gasteiger charge is 2.35. The number of likely N-dealkylation sites (tertiary alicyclic amines) is 1. The number of fused-ring (bicyclic) bond motifs is 3. The van der Waals surface area contributed by atoms with Crippen LogP contribution in [-0.2, 0) is 0 Å². The molecule has 1 aromatic carbocycles. The van der Waals surface area contributed by atoms with Gasteiger partial charge in [0.1, 0.15) is 5.75 Å². The van der Waals surface area contributed by atoms with Crippen LogP contribution >= 0.6 is 0 Å². The molecule has 3 heteroatoms. The van der Waals surface area contributed by atoms with Gasteiger partial charge in [-0.3, -0.25) is 0 Å². The molecule has 0 bridgehead atoms. The molecule has 3 nitrogen and oxygen atoms in total. The van der Waals surface area contributed by atoms with Crippen LogP contribution in [0.15, 0.2) is 18.2 Å². The second kappa shape index (κ2) is 3.14. The molecule has 80 valence electrons. The normalized spacial score (nSPS) is 29.4. The maximum atomic E-state index is 9.43. The summed E-state index contributed by atoms with van der Waals surface area (Å²) >= 11 is 0. The number of aromatic hydroxyl groups is 1. The lowest BCUT2D eigenvalue weighted by Gasteiger charge is -2.32. The minimum Gasteiger partial charge on any atom is -0.508 e. The van der Waals surface area contributed by atoms with E-state index in [1.54, 1.807) is 6.07 Å². The highest BCUT2D eigenvalue weighted by molar-refractivity contribution is 5.62. The second-order valence-corrected chi connectivity index (χ2v) is 4.68. The van der Waals surface area contributed by atoms with E-state index < -0.39 is 0 Å². The summed E-state index contributed by atoms with van der Waals surface area (Å²) in [5.74, 6) is 0.951. The van der Waals surface area contributed by atoms with Crippen LogP contribution in [0, 0.1) is 0 Å². The van der Waals surface area contributed by atoms with Gasteiger partial charge in [0.2, 0.25) is 0 Å². The molecule has 3 rings (SSSR count). The Labute approximate surface area is 89.7 Å². The number of anilines is 1. The Morgan fingerprint density at radius 3 is 3.20 bits per heavy atom. The largest absolute Gasteiger partial charge is 0.508 e. The molecule has 2 atom stereocenters. The first-order chi connectivity index (χ1) is 7.24. The van der Waals surface area contributed by atoms with Crippen LogP contribution < -0.4 is 5.32 Å². The maximum absolute atomic E-state index is 9.43. The molecule has 2 N–H and O–H groups in total. The minimum atomic E-state index is 0.355. The molecule has 1 fully saturated rings. The second-order valence-electron chi connectivity index (χ2n) is 4.68. The van der Waals surface area contributed by atoms with Crippen LogP contribution in [0.2, 0.25) is 0 Å². The van der Waals surface area contributed by atoms with Crippen molar-refractivity contribution in [3.05, 3.63) is 23.8 Å². The van der Waals surface area contributed by atoms with Crippen molar-refractivity contribution in [2.75, 3.05) is 25.5 Å². The fraction of sp³-hybridized carbons (Fsp3) is 0.500. The van der Waals surface area contributed by atoms with Crippen molar-refractivity contribution in [2.45, 2.75) is 18.4 Å². The highest BCUT2D eigenvalue weighted by Crippen LogP contribution is 2.41. The quantitative estimate of drug-likeness (QED) is 0.674. The molecule has 0 amide bonds. The standard InChI is InChI=1S/C12H16N2O/c1-14-5-4-11-10(7-14)9-3-2-8(15)6-12(9)13-11/h2-3,6,10-11,13,15H,4-5,7H2,1H3. The summed E-state index contributed by atoms with van der Waals surface area (Å²) in [6.07, 6.45) is 1.19. The molecule has 1 saturated heterocycles. The molecule has 0 saturated carbocycles. The molecular formula is C12H16N2O. The lowest BCUT2D eigenvalue weighted by molar-refractivity contribution is 0.243. The predicted octanol–water partition coefficient (Wildman–Crippen LogP) is 1.61. The Balaban J connectivity index is 1.97. The Hall–Kier alpha value is -1.22. The van der Waals surface area contributed by atoms with Gasteiger partial charge in [-0.1, -0.05) is 6.07 Å². The highest BCUT2D eigenvalue weighted by atomic mass is 16.3. The van der Waals surface area contributed by atoms with E-state index >= 15 is 0 Å². The molecular weight excluding hydrogens is 188 g/mol. The average Bonchev–Trinajstić information content (AvgIpc) is 2.54. The van der Waals surface area contributed by atoms with Crippen LogP contribution in [0.1, 0.15) is 17.9 Å². The van der Waals surface area contributed by atoms with Crippen LogP contribution in [0.5, 0.6) is 5.75 Å². The van der Waals surface area contributed by atoms with Crippen molar-refractivity contribution < 1.29 is 5.11 Å². The van der Waals surface area contributed by atoms with Gasteiger partial charge in [-0.05, 0) is 31.6 Å². The monoisotopic (exact) mass is 204 g/mol. The number of benzene rings is 1. The molecule has 2 aliphatic heterocycles. The molecule has 0 radical (unpaired) electrons. The lowest BCUT2D eigenvalue weighted by Crippen LogP contribution is -2.39. The van der Waals surface area contributed by atoms with E-state index in [-0.39, 0.29) is 0 Å². The van der Waals surface area contributed by atoms with Crippen LogP contribution in [0.25, 0.3) is 0 Å². The van der Waals surface area contributed by atoms with Crippen molar-refractivity contribution >= 4 is 5.69 Å². The number of hydrogen-bond acceptors (Lipinski definition) is 3. The molecule has 0 aliphatic carbocycles. The summed E-state index contributed by atoms with van der Waals surface area (Å²) in [7, 11) is 2.18. The van der Waals surface area contributed by atoms with Gasteiger partial charge in [-0.2, -0.15) is 0 Å². The first kappa shape index (κ1) is 9.04. The van der Waals surface area contributed by atoms with Gasteiger partial charge in [0, 0.05) is 30.3 Å². The van der Waals surface area contributed by atoms with Crippen molar-refractivity contribution in [3.8, 4) is 5.75 Å². The Kier molecular flexibility index (Phi) is 1.89. The third kappa shape index (κ3) is 1.38. The van der Waals surface area contributed by atoms with Gasteiger partial charge in [0.25, 0.3) is 0 Å². The third-order valence-corrected chi connectivity index (χ3v) is 3.59. The van der Waals surface area contributed by atoms with Crippen LogP contribution in [-0.4, -0.2) is 36.2 Å². The summed E-state index contributed by atoms with van der Waals surface area (Å²) in [6, 6.07) is 6.25. The summed E-state index contributed by atoms with van der Waals surface area (Å²) in [6.45, 7) is 2.28. The maximum Gasteiger partial charge on any atom is 0.117 e. The summed E-state index contributed by atoms with van der Waals surface area (Å²) in [4.78, 5) is 2.38. The van der Waals surface area contributed by atoms with Crippen LogP contribution in [0.3, 0.4) is 0 Å². The topological polar surface area (TPSA) is 35.5 Å². The molecule has 2 heterocycles. The van der Waals surface area contributed by atoms with E-state index in [9.17, 15) is 5.11 Å². The van der Waals surface area contributed by atoms with Gasteiger partial charge >= 0.3 is 0 Å². The first-order valence-electron chi connectivity index (χ1n) is 5.52. The number of rotatable bonds is 0. The zero-order valence-electron chi connectivity index (χ0n) is 8.90. The number of piperidine rings is 1. The van der Waals surface area contributed by atoms with E-state index in [0.29, 0.717) is 17.7 Å². The number of phenolic OH excluding ortho intramolecular Hbond substituents is 1. The SMILES string of the molecule is CN1CCC2Nc3cc(O)ccc3C2C1. The van der Waals surface area contributed by atoms with E-state index in [4.69, 9.17) is 0 Å². The molecule has 0 aromatic heterocycles. The van der Waals surface area contributed by atoms with E-state index in [2.05, 4.69) is 23.3 Å². The lowest BCUT2D eigenvalue weighted by atomic mass is 9.90. The smallest absolute Gasteiger partial charge is 0.117 e. The van der Waals surface area contributed by atoms with Gasteiger partial charge < -0.3 is 15.3 Å². The van der Waals surface area contributed by atoms with E-state index in [0.717, 1.165) is 18.8 Å². The van der Waals surface area contributed by atoms with Crippen molar-refractivity contribution in [2.24, 2.45) is 0 Å². The molecule has 2 unspecified atom stereocenters. The Morgan fingerprint density at radius 2 is 2.33 bits per heavy atom. The van der Waals surface area contributed by atoms with E-state index in [1.165, 1.54) is 12.0 Å². The number of hydrogen-bond donors (Lipinski definition) is 2. The van der Waals surface area contributed by atoms with Crippen LogP contribution in [0.4, 0.5) is 5.69 Å². The van der Waals surface area contributed by atoms with Gasteiger partial charge in [-0.15, -0.1) is 0 Å². The fourth-order valence-electron chi connectivity index (χ4n) is 2.80. The van der Waals surface area contributed by atoms with Gasteiger partial charge in [0.15, 0.2) is 0 Å². The van der Waals surface area contributed by atoms with E-state index in [1.807, 2.05) is 6.07 Å². The van der Waals surface area contributed by atoms with Gasteiger partial charge in [-0.25, -0.2) is 0 Å². The number of nitrogens with zero attached hydrogens (tertiary/aromatic N) is 1. The van der Waals surface area contributed by atoms with Crippen molar-refractivity contribution in [1.82, 2.24) is 4.90 Å². The Bertz CT molecular complexity index is 391. The molecule has 0 spiro atoms. The fourth-order valence-corrected chi connectivity index (χ4v) is 2.80. The summed E-state index contributed by atoms with van der Waals surface area (Å²) in [5, 5.41) is 12.9. The molecule has 2 aliphatic rings. The first-order valence-corrected chi connectivity index (χ1v) is 5.52. The minimum absolute atomic E-state index is 0.355. The number of likely N-dealkylation sites (N-methyl/N-ethyl adjacent to an activating group) is 1. The van der Waals surface area contributed by atoms with Gasteiger partial charge in [0.05, 0.1) is 0 Å². The number of nitrogens with one attached hydrogen (secondary N) is 1. The van der Waals surface area contributed by atoms with Crippen molar-refractivity contribution in [3.63, 3.8) is 0 Å². The summed E-state index contributed by atoms with van der Waals surface area (Å²) in [5.41, 5.74) is 2.49. The predicted molar refractivity (Wildman–Crippen MR) is 60.4 cm³/mol. The zero-order valence-corrected chi connectivity index (χ0v) is 8.90. The zero-order chi connectivity index (χ0) is 10.4. The molecule has 1 aromatic rings. The molecule has 15 heavy (non-hydrogen) atoms. The Morgan fingerprint density at radius 1 is 1.47 bits per heavy atom. The third-order valence-electron chi connectivity index (χ3n) is 3.59. The average molecular weight is 204 g/mol. The summed E-state index contributed by atoms with van der Waals surface area (Å²) < 4.78 is 0. The van der Waals surface area contributed by atoms with Crippen molar-refractivity contribution in [1.29, 1.82) is 0 Å².